The van der Waals surface area contributed by atoms with Gasteiger partial charge < -0.3 is 24.8 Å². The molecule has 2 saturated heterocycles. The second-order valence-corrected chi connectivity index (χ2v) is 10.8. The highest BCUT2D eigenvalue weighted by molar-refractivity contribution is 6.06. The lowest BCUT2D eigenvalue weighted by Gasteiger charge is -2.35. The van der Waals surface area contributed by atoms with Crippen LogP contribution in [-0.2, 0) is 10.9 Å². The number of hydrogen-bond acceptors (Lipinski definition) is 10. The van der Waals surface area contributed by atoms with Gasteiger partial charge in [0.2, 0.25) is 0 Å². The standard InChI is InChI=1S/C28H35F3N10O3/c1-37-8-10-40(11-9-37)24-5-4-20(16-22(24)34-26(42)21-17-32-19-33-25(21)28(29,30)31)41-18-23(35-36-41)27(43)38(2)6-3-7-39-12-14-44-15-13-39/h4-5,16-19H,3,6-15H2,1-2H3,(H,34,42). The van der Waals surface area contributed by atoms with E-state index < -0.39 is 23.3 Å². The van der Waals surface area contributed by atoms with E-state index in [4.69, 9.17) is 4.74 Å². The summed E-state index contributed by atoms with van der Waals surface area (Å²) in [7, 11) is 3.71. The van der Waals surface area contributed by atoms with Gasteiger partial charge in [-0.15, -0.1) is 5.10 Å². The van der Waals surface area contributed by atoms with E-state index in [1.807, 2.05) is 11.9 Å². The lowest BCUT2D eigenvalue weighted by Crippen LogP contribution is -2.44. The number of nitrogens with zero attached hydrogens (tertiary/aromatic N) is 9. The topological polar surface area (TPSA) is 125 Å². The molecule has 1 aromatic carbocycles. The number of aromatic nitrogens is 5. The average molecular weight is 617 g/mol. The maximum Gasteiger partial charge on any atom is 0.434 e. The summed E-state index contributed by atoms with van der Waals surface area (Å²) >= 11 is 0. The Kier molecular flexibility index (Phi) is 9.71. The molecule has 1 N–H and O–H groups in total. The van der Waals surface area contributed by atoms with Gasteiger partial charge in [0.1, 0.15) is 6.33 Å². The Bertz CT molecular complexity index is 1450. The van der Waals surface area contributed by atoms with Crippen molar-refractivity contribution in [1.29, 1.82) is 0 Å². The van der Waals surface area contributed by atoms with Crippen LogP contribution in [0.5, 0.6) is 0 Å². The molecule has 0 saturated carbocycles. The van der Waals surface area contributed by atoms with Crippen LogP contribution in [0.3, 0.4) is 0 Å². The largest absolute Gasteiger partial charge is 0.434 e. The quantitative estimate of drug-likeness (QED) is 0.381. The van der Waals surface area contributed by atoms with Gasteiger partial charge in [-0.25, -0.2) is 14.6 Å². The molecule has 2 fully saturated rings. The van der Waals surface area contributed by atoms with E-state index in [1.54, 1.807) is 30.1 Å². The van der Waals surface area contributed by atoms with Crippen LogP contribution in [0.25, 0.3) is 5.69 Å². The second kappa shape index (κ2) is 13.7. The van der Waals surface area contributed by atoms with Crippen molar-refractivity contribution in [3.63, 3.8) is 0 Å². The van der Waals surface area contributed by atoms with Crippen LogP contribution < -0.4 is 10.2 Å². The van der Waals surface area contributed by atoms with E-state index in [1.165, 1.54) is 10.9 Å². The summed E-state index contributed by atoms with van der Waals surface area (Å²) in [6.07, 6.45) is -0.949. The van der Waals surface area contributed by atoms with Gasteiger partial charge in [0.05, 0.1) is 42.0 Å². The number of anilines is 2. The van der Waals surface area contributed by atoms with Gasteiger partial charge in [0.25, 0.3) is 11.8 Å². The second-order valence-electron chi connectivity index (χ2n) is 10.8. The minimum Gasteiger partial charge on any atom is -0.379 e. The van der Waals surface area contributed by atoms with E-state index in [9.17, 15) is 22.8 Å². The van der Waals surface area contributed by atoms with Gasteiger partial charge in [-0.2, -0.15) is 13.2 Å². The van der Waals surface area contributed by atoms with E-state index in [0.717, 1.165) is 64.9 Å². The lowest BCUT2D eigenvalue weighted by molar-refractivity contribution is -0.141. The molecule has 0 atom stereocenters. The van der Waals surface area contributed by atoms with Crippen molar-refractivity contribution in [2.45, 2.75) is 12.6 Å². The number of alkyl halides is 3. The fraction of sp³-hybridized carbons (Fsp3) is 0.500. The molecular weight excluding hydrogens is 581 g/mol. The number of carbonyl (C=O) groups is 2. The summed E-state index contributed by atoms with van der Waals surface area (Å²) in [5.41, 5.74) is -0.505. The van der Waals surface area contributed by atoms with E-state index >= 15 is 0 Å². The molecule has 2 aliphatic heterocycles. The Morgan fingerprint density at radius 3 is 2.57 bits per heavy atom. The number of piperazine rings is 1. The zero-order valence-electron chi connectivity index (χ0n) is 24.6. The Morgan fingerprint density at radius 2 is 1.84 bits per heavy atom. The van der Waals surface area contributed by atoms with Crippen LogP contribution in [0, 0.1) is 0 Å². The van der Waals surface area contributed by atoms with Crippen LogP contribution >= 0.6 is 0 Å². The first-order chi connectivity index (χ1) is 21.1. The van der Waals surface area contributed by atoms with Crippen molar-refractivity contribution in [1.82, 2.24) is 39.7 Å². The molecule has 0 bridgehead atoms. The number of nitrogens with one attached hydrogen (secondary N) is 1. The smallest absolute Gasteiger partial charge is 0.379 e. The number of benzene rings is 1. The van der Waals surface area contributed by atoms with Crippen molar-refractivity contribution >= 4 is 23.2 Å². The van der Waals surface area contributed by atoms with Crippen LogP contribution in [0.15, 0.2) is 36.9 Å². The molecule has 0 aliphatic carbocycles. The van der Waals surface area contributed by atoms with Crippen LogP contribution in [-0.4, -0.2) is 131 Å². The molecule has 0 spiro atoms. The fourth-order valence-corrected chi connectivity index (χ4v) is 5.14. The monoisotopic (exact) mass is 616 g/mol. The summed E-state index contributed by atoms with van der Waals surface area (Å²) in [5, 5.41) is 10.8. The van der Waals surface area contributed by atoms with Gasteiger partial charge in [0, 0.05) is 65.6 Å². The number of hydrogen-bond donors (Lipinski definition) is 1. The summed E-state index contributed by atoms with van der Waals surface area (Å²) in [6.45, 7) is 7.45. The minimum atomic E-state index is -4.84. The normalized spacial score (nSPS) is 16.6. The van der Waals surface area contributed by atoms with E-state index in [-0.39, 0.29) is 17.3 Å². The highest BCUT2D eigenvalue weighted by Crippen LogP contribution is 2.33. The van der Waals surface area contributed by atoms with Gasteiger partial charge in [0.15, 0.2) is 11.4 Å². The third kappa shape index (κ3) is 7.49. The predicted octanol–water partition coefficient (Wildman–Crippen LogP) is 1.87. The van der Waals surface area contributed by atoms with Crippen molar-refractivity contribution in [3.8, 4) is 5.69 Å². The van der Waals surface area contributed by atoms with E-state index in [2.05, 4.69) is 35.4 Å². The molecule has 4 heterocycles. The Labute approximate surface area is 252 Å². The molecule has 5 rings (SSSR count). The number of carbonyl (C=O) groups excluding carboxylic acids is 2. The highest BCUT2D eigenvalue weighted by atomic mass is 19.4. The lowest BCUT2D eigenvalue weighted by atomic mass is 10.1. The third-order valence-corrected chi connectivity index (χ3v) is 7.69. The Morgan fingerprint density at radius 1 is 1.09 bits per heavy atom. The Balaban J connectivity index is 1.35. The first-order valence-corrected chi connectivity index (χ1v) is 14.3. The Hall–Kier alpha value is -4.15. The molecular formula is C28H35F3N10O3. The molecule has 2 aromatic heterocycles. The molecule has 0 unspecified atom stereocenters. The first kappa shape index (κ1) is 31.3. The van der Waals surface area contributed by atoms with E-state index in [0.29, 0.717) is 31.0 Å². The molecule has 0 radical (unpaired) electrons. The van der Waals surface area contributed by atoms with Crippen molar-refractivity contribution in [3.05, 3.63) is 53.9 Å². The molecule has 2 amide bonds. The number of morpholine rings is 1. The zero-order chi connectivity index (χ0) is 31.3. The predicted molar refractivity (Wildman–Crippen MR) is 155 cm³/mol. The fourth-order valence-electron chi connectivity index (χ4n) is 5.14. The first-order valence-electron chi connectivity index (χ1n) is 14.3. The molecule has 44 heavy (non-hydrogen) atoms. The number of ether oxygens (including phenoxy) is 1. The summed E-state index contributed by atoms with van der Waals surface area (Å²) in [6, 6.07) is 5.12. The maximum absolute atomic E-state index is 13.6. The zero-order valence-corrected chi connectivity index (χ0v) is 24.6. The van der Waals surface area contributed by atoms with Crippen molar-refractivity contribution < 1.29 is 27.5 Å². The van der Waals surface area contributed by atoms with Crippen molar-refractivity contribution in [2.75, 3.05) is 89.9 Å². The number of amides is 2. The van der Waals surface area contributed by atoms with Gasteiger partial charge in [-0.05, 0) is 31.7 Å². The minimum absolute atomic E-state index is 0.142. The molecule has 16 heteroatoms. The maximum atomic E-state index is 13.6. The summed E-state index contributed by atoms with van der Waals surface area (Å²) < 4.78 is 47.5. The van der Waals surface area contributed by atoms with Crippen LogP contribution in [0.1, 0.15) is 33.0 Å². The summed E-state index contributed by atoms with van der Waals surface area (Å²) in [4.78, 5) is 41.2. The van der Waals surface area contributed by atoms with Gasteiger partial charge in [-0.3, -0.25) is 14.5 Å². The van der Waals surface area contributed by atoms with Crippen LogP contribution in [0.2, 0.25) is 0 Å². The highest BCUT2D eigenvalue weighted by Gasteiger charge is 2.37. The van der Waals surface area contributed by atoms with Gasteiger partial charge in [-0.1, -0.05) is 5.21 Å². The summed E-state index contributed by atoms with van der Waals surface area (Å²) in [5.74, 6) is -1.29. The molecule has 3 aromatic rings. The SMILES string of the molecule is CN1CCN(c2ccc(-n3cc(C(=O)N(C)CCCN4CCOCC4)nn3)cc2NC(=O)c2cncnc2C(F)(F)F)CC1. The molecule has 13 nitrogen and oxygen atoms in total. The average Bonchev–Trinajstić information content (AvgIpc) is 3.52. The number of rotatable bonds is 9. The molecule has 236 valence electrons. The molecule has 2 aliphatic rings. The van der Waals surface area contributed by atoms with Crippen LogP contribution in [0.4, 0.5) is 24.5 Å². The van der Waals surface area contributed by atoms with Crippen molar-refractivity contribution in [2.24, 2.45) is 0 Å². The third-order valence-electron chi connectivity index (χ3n) is 7.69. The number of likely N-dealkylation sites (N-methyl/N-ethyl adjacent to an activating group) is 1. The van der Waals surface area contributed by atoms with Gasteiger partial charge >= 0.3 is 6.18 Å². The number of halogens is 3.